The van der Waals surface area contributed by atoms with E-state index < -0.39 is 0 Å². The summed E-state index contributed by atoms with van der Waals surface area (Å²) in [4.78, 5) is 15.4. The maximum Gasteiger partial charge on any atom is 0.267 e. The van der Waals surface area contributed by atoms with Gasteiger partial charge in [-0.2, -0.15) is 5.10 Å². The summed E-state index contributed by atoms with van der Waals surface area (Å²) in [5, 5.41) is 9.10. The van der Waals surface area contributed by atoms with Crippen molar-refractivity contribution in [2.45, 2.75) is 6.54 Å². The van der Waals surface area contributed by atoms with Gasteiger partial charge < -0.3 is 4.42 Å². The molecule has 5 nitrogen and oxygen atoms in total. The molecule has 172 valence electrons. The number of hydrogen-bond donors (Lipinski definition) is 0. The van der Waals surface area contributed by atoms with Crippen LogP contribution in [0.25, 0.3) is 17.2 Å². The van der Waals surface area contributed by atoms with Gasteiger partial charge >= 0.3 is 0 Å². The molecular weight excluding hydrogens is 522 g/mol. The third kappa shape index (κ3) is 5.70. The van der Waals surface area contributed by atoms with Crippen molar-refractivity contribution in [2.75, 3.05) is 0 Å². The second kappa shape index (κ2) is 10.7. The first-order chi connectivity index (χ1) is 17.2. The Balaban J connectivity index is 1.40. The molecule has 1 saturated heterocycles. The van der Waals surface area contributed by atoms with Gasteiger partial charge in [-0.05, 0) is 64.4 Å². The number of benzene rings is 3. The summed E-state index contributed by atoms with van der Waals surface area (Å²) in [6.45, 7) is 0.286. The Hall–Kier alpha value is -3.68. The first-order valence-electron chi connectivity index (χ1n) is 10.9. The number of rotatable bonds is 6. The highest BCUT2D eigenvalue weighted by Crippen LogP contribution is 2.34. The molecule has 0 unspecified atom stereocenters. The van der Waals surface area contributed by atoms with Gasteiger partial charge in [0.1, 0.15) is 5.76 Å². The lowest BCUT2D eigenvalue weighted by Gasteiger charge is -2.12. The highest BCUT2D eigenvalue weighted by atomic mass is 79.9. The zero-order valence-electron chi connectivity index (χ0n) is 18.5. The summed E-state index contributed by atoms with van der Waals surface area (Å²) in [6.07, 6.45) is 5.14. The van der Waals surface area contributed by atoms with E-state index in [0.29, 0.717) is 15.8 Å². The zero-order valence-corrected chi connectivity index (χ0v) is 20.9. The van der Waals surface area contributed by atoms with Crippen molar-refractivity contribution in [1.82, 2.24) is 4.90 Å². The first-order valence-corrected chi connectivity index (χ1v) is 12.5. The maximum absolute atomic E-state index is 13.3. The Labute approximate surface area is 216 Å². The minimum atomic E-state index is -0.130. The molecule has 0 bridgehead atoms. The molecule has 1 aliphatic heterocycles. The quantitative estimate of drug-likeness (QED) is 0.147. The Kier molecular flexibility index (Phi) is 7.07. The normalized spacial score (nSPS) is 16.1. The number of amidine groups is 1. The SMILES string of the molecule is O=C1/C(=C/c2ccc(-c3ccccc3)cc2)S/C(=N\N=C\c2cccc(Br)c2)N1Cc1ccco1. The molecule has 0 spiro atoms. The zero-order chi connectivity index (χ0) is 24.0. The number of thioether (sulfide) groups is 1. The van der Waals surface area contributed by atoms with E-state index in [4.69, 9.17) is 4.42 Å². The summed E-state index contributed by atoms with van der Waals surface area (Å²) < 4.78 is 6.43. The Bertz CT molecular complexity index is 1410. The molecule has 2 heterocycles. The topological polar surface area (TPSA) is 58.2 Å². The second-order valence-corrected chi connectivity index (χ2v) is 9.68. The van der Waals surface area contributed by atoms with Crippen molar-refractivity contribution in [3.63, 3.8) is 0 Å². The van der Waals surface area contributed by atoms with Crippen LogP contribution in [0, 0.1) is 0 Å². The van der Waals surface area contributed by atoms with Gasteiger partial charge in [0.15, 0.2) is 5.17 Å². The van der Waals surface area contributed by atoms with Crippen molar-refractivity contribution >= 4 is 51.1 Å². The monoisotopic (exact) mass is 541 g/mol. The van der Waals surface area contributed by atoms with Gasteiger partial charge in [0.25, 0.3) is 5.91 Å². The van der Waals surface area contributed by atoms with Crippen molar-refractivity contribution in [3.05, 3.63) is 124 Å². The fourth-order valence-electron chi connectivity index (χ4n) is 3.57. The van der Waals surface area contributed by atoms with E-state index in [2.05, 4.69) is 50.4 Å². The maximum atomic E-state index is 13.3. The fourth-order valence-corrected chi connectivity index (χ4v) is 4.92. The van der Waals surface area contributed by atoms with Crippen LogP contribution in [0.15, 0.2) is 121 Å². The lowest BCUT2D eigenvalue weighted by molar-refractivity contribution is -0.122. The molecule has 1 amide bonds. The standard InChI is InChI=1S/C28H20BrN3O2S/c29-24-9-4-6-21(16-24)18-30-31-28-32(19-25-10-5-15-34-25)27(33)26(35-28)17-20-11-13-23(14-12-20)22-7-2-1-3-8-22/h1-18H,19H2/b26-17-,30-18+,31-28-. The fraction of sp³-hybridized carbons (Fsp3) is 0.0357. The molecule has 4 aromatic rings. The molecule has 0 atom stereocenters. The molecule has 35 heavy (non-hydrogen) atoms. The Morgan fingerprint density at radius 3 is 2.43 bits per heavy atom. The van der Waals surface area contributed by atoms with E-state index in [9.17, 15) is 4.79 Å². The number of amides is 1. The van der Waals surface area contributed by atoms with Crippen molar-refractivity contribution in [1.29, 1.82) is 0 Å². The predicted octanol–water partition coefficient (Wildman–Crippen LogP) is 7.22. The number of nitrogens with zero attached hydrogens (tertiary/aromatic N) is 3. The molecular formula is C28H20BrN3O2S. The number of halogens is 1. The lowest BCUT2D eigenvalue weighted by Crippen LogP contribution is -2.28. The van der Waals surface area contributed by atoms with Crippen LogP contribution < -0.4 is 0 Å². The van der Waals surface area contributed by atoms with E-state index in [1.807, 2.05) is 66.7 Å². The molecule has 1 aromatic heterocycles. The highest BCUT2D eigenvalue weighted by Gasteiger charge is 2.34. The minimum Gasteiger partial charge on any atom is -0.467 e. The molecule has 0 N–H and O–H groups in total. The molecule has 7 heteroatoms. The van der Waals surface area contributed by atoms with Gasteiger partial charge in [-0.25, -0.2) is 0 Å². The first kappa shape index (κ1) is 23.1. The van der Waals surface area contributed by atoms with Crippen LogP contribution in [-0.4, -0.2) is 22.2 Å². The van der Waals surface area contributed by atoms with E-state index in [1.54, 1.807) is 23.4 Å². The summed E-state index contributed by atoms with van der Waals surface area (Å²) in [7, 11) is 0. The summed E-state index contributed by atoms with van der Waals surface area (Å²) in [5.41, 5.74) is 4.13. The van der Waals surface area contributed by atoms with Gasteiger partial charge in [-0.15, -0.1) is 5.10 Å². The second-order valence-electron chi connectivity index (χ2n) is 7.75. The van der Waals surface area contributed by atoms with Gasteiger partial charge in [0.2, 0.25) is 0 Å². The lowest BCUT2D eigenvalue weighted by atomic mass is 10.0. The van der Waals surface area contributed by atoms with E-state index in [-0.39, 0.29) is 12.5 Å². The van der Waals surface area contributed by atoms with Gasteiger partial charge in [-0.1, -0.05) is 82.7 Å². The summed E-state index contributed by atoms with van der Waals surface area (Å²) in [6, 6.07) is 29.7. The molecule has 0 radical (unpaired) electrons. The smallest absolute Gasteiger partial charge is 0.267 e. The van der Waals surface area contributed by atoms with Crippen LogP contribution in [0.3, 0.4) is 0 Å². The van der Waals surface area contributed by atoms with Crippen molar-refractivity contribution < 1.29 is 9.21 Å². The minimum absolute atomic E-state index is 0.130. The van der Waals surface area contributed by atoms with Gasteiger partial charge in [-0.3, -0.25) is 9.69 Å². The molecule has 0 saturated carbocycles. The van der Waals surface area contributed by atoms with Crippen molar-refractivity contribution in [2.24, 2.45) is 10.2 Å². The molecule has 5 rings (SSSR count). The van der Waals surface area contributed by atoms with E-state index in [0.717, 1.165) is 26.7 Å². The third-order valence-electron chi connectivity index (χ3n) is 5.30. The highest BCUT2D eigenvalue weighted by molar-refractivity contribution is 9.10. The van der Waals surface area contributed by atoms with E-state index in [1.165, 1.54) is 11.8 Å². The molecule has 1 aliphatic rings. The summed E-state index contributed by atoms with van der Waals surface area (Å²) in [5.74, 6) is 0.547. The number of carbonyl (C=O) groups excluding carboxylic acids is 1. The van der Waals surface area contributed by atoms with E-state index >= 15 is 0 Å². The average molecular weight is 542 g/mol. The van der Waals surface area contributed by atoms with Crippen LogP contribution in [0.5, 0.6) is 0 Å². The van der Waals surface area contributed by atoms with Crippen molar-refractivity contribution in [3.8, 4) is 11.1 Å². The molecule has 1 fully saturated rings. The van der Waals surface area contributed by atoms with Crippen LogP contribution in [0.2, 0.25) is 0 Å². The van der Waals surface area contributed by atoms with Crippen LogP contribution in [0.1, 0.15) is 16.9 Å². The number of furan rings is 1. The van der Waals surface area contributed by atoms with Crippen LogP contribution >= 0.6 is 27.7 Å². The Morgan fingerprint density at radius 1 is 0.886 bits per heavy atom. The van der Waals surface area contributed by atoms with Crippen LogP contribution in [0.4, 0.5) is 0 Å². The predicted molar refractivity (Wildman–Crippen MR) is 146 cm³/mol. The summed E-state index contributed by atoms with van der Waals surface area (Å²) >= 11 is 4.76. The number of carbonyl (C=O) groups is 1. The third-order valence-corrected chi connectivity index (χ3v) is 6.79. The largest absolute Gasteiger partial charge is 0.467 e. The number of hydrogen-bond acceptors (Lipinski definition) is 5. The van der Waals surface area contributed by atoms with Crippen LogP contribution in [-0.2, 0) is 11.3 Å². The van der Waals surface area contributed by atoms with Gasteiger partial charge in [0.05, 0.1) is 23.9 Å². The molecule has 3 aromatic carbocycles. The van der Waals surface area contributed by atoms with Gasteiger partial charge in [0, 0.05) is 4.47 Å². The molecule has 0 aliphatic carbocycles. The Morgan fingerprint density at radius 2 is 1.69 bits per heavy atom. The average Bonchev–Trinajstić information content (AvgIpc) is 3.50.